The lowest BCUT2D eigenvalue weighted by Gasteiger charge is -2.49. The van der Waals surface area contributed by atoms with Crippen LogP contribution >= 0.6 is 0 Å². The Bertz CT molecular complexity index is 781. The van der Waals surface area contributed by atoms with Crippen molar-refractivity contribution in [2.75, 3.05) is 0 Å². The summed E-state index contributed by atoms with van der Waals surface area (Å²) >= 11 is 0. The molecule has 0 radical (unpaired) electrons. The van der Waals surface area contributed by atoms with E-state index in [4.69, 9.17) is 0 Å². The molecule has 4 rings (SSSR count). The van der Waals surface area contributed by atoms with Crippen LogP contribution in [0.5, 0.6) is 0 Å². The summed E-state index contributed by atoms with van der Waals surface area (Å²) in [6.07, 6.45) is 14.8. The second-order valence-corrected chi connectivity index (χ2v) is 21.8. The average Bonchev–Trinajstić information content (AvgIpc) is 3.74. The Morgan fingerprint density at radius 1 is 0.438 bits per heavy atom. The molecule has 288 valence electrons. The lowest BCUT2D eigenvalue weighted by atomic mass is 9.56. The molecule has 4 fully saturated rings. The van der Waals surface area contributed by atoms with Gasteiger partial charge in [0.1, 0.15) is 0 Å². The average molecular weight is 673 g/mol. The maximum Gasteiger partial charge on any atom is -0.0251 e. The Balaban J connectivity index is 0.000000330. The topological polar surface area (TPSA) is 0 Å². The van der Waals surface area contributed by atoms with Crippen LogP contribution in [0.1, 0.15) is 203 Å². The third-order valence-corrected chi connectivity index (χ3v) is 15.1. The van der Waals surface area contributed by atoms with E-state index in [9.17, 15) is 0 Å². The monoisotopic (exact) mass is 673 g/mol. The summed E-state index contributed by atoms with van der Waals surface area (Å²) in [5.74, 6) is 15.0. The molecule has 0 N–H and O–H groups in total. The van der Waals surface area contributed by atoms with Gasteiger partial charge in [0.25, 0.3) is 0 Å². The largest absolute Gasteiger partial charge is 0.0625 e. The van der Waals surface area contributed by atoms with E-state index in [0.29, 0.717) is 5.41 Å². The fourth-order valence-electron chi connectivity index (χ4n) is 10.8. The number of rotatable bonds is 8. The second-order valence-electron chi connectivity index (χ2n) is 21.8. The molecular weight excluding hydrogens is 577 g/mol. The van der Waals surface area contributed by atoms with Crippen LogP contribution in [-0.2, 0) is 0 Å². The van der Waals surface area contributed by atoms with E-state index < -0.39 is 0 Å². The molecule has 48 heavy (non-hydrogen) atoms. The van der Waals surface area contributed by atoms with Crippen LogP contribution in [0.4, 0.5) is 0 Å². The van der Waals surface area contributed by atoms with E-state index in [1.54, 1.807) is 0 Å². The molecule has 0 heteroatoms. The zero-order valence-electron chi connectivity index (χ0n) is 37.3. The summed E-state index contributed by atoms with van der Waals surface area (Å²) in [6.45, 7) is 47.9. The van der Waals surface area contributed by atoms with Gasteiger partial charge in [0.2, 0.25) is 0 Å². The molecule has 0 nitrogen and oxygen atoms in total. The van der Waals surface area contributed by atoms with E-state index in [2.05, 4.69) is 138 Å². The molecule has 4 aliphatic rings. The first-order valence-corrected chi connectivity index (χ1v) is 22.0. The predicted molar refractivity (Wildman–Crippen MR) is 220 cm³/mol. The van der Waals surface area contributed by atoms with Crippen LogP contribution in [0, 0.1) is 106 Å². The molecule has 0 saturated heterocycles. The van der Waals surface area contributed by atoms with Crippen molar-refractivity contribution in [2.24, 2.45) is 106 Å². The molecule has 0 aliphatic heterocycles. The fraction of sp³-hybridized carbons (Fsp3) is 1.00. The minimum atomic E-state index is 0.474. The SMILES string of the molecule is CC(C)C1(C(C)C)CCC1.CC(C)C1CC(C(C)(C)C)C(C(C)C)CC1C.CC(C)C1CC1C(C)C.CC(C)C1CCC(C(C)C)CC1. The smallest absolute Gasteiger partial charge is 0.0251 e. The van der Waals surface area contributed by atoms with Crippen LogP contribution in [0.15, 0.2) is 0 Å². The second kappa shape index (κ2) is 20.3. The van der Waals surface area contributed by atoms with Crippen LogP contribution in [0.3, 0.4) is 0 Å². The molecular formula is C48H96. The summed E-state index contributed by atoms with van der Waals surface area (Å²) < 4.78 is 0. The van der Waals surface area contributed by atoms with E-state index in [1.807, 2.05) is 0 Å². The molecule has 4 aliphatic carbocycles. The quantitative estimate of drug-likeness (QED) is 0.241. The first kappa shape index (κ1) is 46.0. The van der Waals surface area contributed by atoms with Crippen molar-refractivity contribution >= 4 is 0 Å². The van der Waals surface area contributed by atoms with Gasteiger partial charge in [-0.2, -0.15) is 0 Å². The Labute approximate surface area is 307 Å². The molecule has 6 unspecified atom stereocenters. The van der Waals surface area contributed by atoms with Crippen LogP contribution < -0.4 is 0 Å². The molecule has 6 atom stereocenters. The highest BCUT2D eigenvalue weighted by Gasteiger charge is 2.43. The van der Waals surface area contributed by atoms with E-state index in [0.717, 1.165) is 100 Å². The van der Waals surface area contributed by atoms with Crippen LogP contribution in [0.2, 0.25) is 0 Å². The molecule has 0 aromatic carbocycles. The Kier molecular flexibility index (Phi) is 19.5. The Morgan fingerprint density at radius 2 is 0.792 bits per heavy atom. The minimum Gasteiger partial charge on any atom is -0.0625 e. The van der Waals surface area contributed by atoms with Crippen LogP contribution in [0.25, 0.3) is 0 Å². The van der Waals surface area contributed by atoms with Gasteiger partial charge in [-0.15, -0.1) is 0 Å². The summed E-state index contributed by atoms with van der Waals surface area (Å²) in [6, 6.07) is 0. The maximum absolute atomic E-state index is 2.49. The summed E-state index contributed by atoms with van der Waals surface area (Å²) in [5.41, 5.74) is 1.20. The van der Waals surface area contributed by atoms with Crippen molar-refractivity contribution in [3.63, 3.8) is 0 Å². The zero-order valence-corrected chi connectivity index (χ0v) is 37.3. The minimum absolute atomic E-state index is 0.474. The first-order chi connectivity index (χ1) is 22.0. The predicted octanol–water partition coefficient (Wildman–Crippen LogP) is 16.1. The van der Waals surface area contributed by atoms with Gasteiger partial charge in [-0.05, 0) is 163 Å². The van der Waals surface area contributed by atoms with Crippen molar-refractivity contribution in [1.82, 2.24) is 0 Å². The van der Waals surface area contributed by atoms with Gasteiger partial charge in [0.15, 0.2) is 0 Å². The number of hydrogen-bond acceptors (Lipinski definition) is 0. The Morgan fingerprint density at radius 3 is 0.979 bits per heavy atom. The highest BCUT2D eigenvalue weighted by molar-refractivity contribution is 4.93. The van der Waals surface area contributed by atoms with Crippen molar-refractivity contribution in [1.29, 1.82) is 0 Å². The highest BCUT2D eigenvalue weighted by Crippen LogP contribution is 2.53. The van der Waals surface area contributed by atoms with E-state index in [1.165, 1.54) is 64.2 Å². The maximum atomic E-state index is 2.49. The van der Waals surface area contributed by atoms with Gasteiger partial charge < -0.3 is 0 Å². The van der Waals surface area contributed by atoms with Crippen molar-refractivity contribution < 1.29 is 0 Å². The standard InChI is InChI=1S/C17H34.C12H24.C10H20.C9H18/c1-11(2)14-10-16(17(6,7)8)15(12(3)4)9-13(14)5;1-9(2)11-5-7-12(8-6-11)10(3)4;1-8(2)10(9(3)4)6-5-7-10;1-6(2)8-5-9(8)7(3)4/h11-16H,9-10H2,1-8H3;9-12H,5-8H2,1-4H3;8-9H,5-7H2,1-4H3;6-9H,5H2,1-4H3. The molecule has 0 aromatic heterocycles. The summed E-state index contributed by atoms with van der Waals surface area (Å²) in [7, 11) is 0. The van der Waals surface area contributed by atoms with Gasteiger partial charge in [-0.25, -0.2) is 0 Å². The van der Waals surface area contributed by atoms with Gasteiger partial charge in [0, 0.05) is 0 Å². The highest BCUT2D eigenvalue weighted by atomic mass is 14.5. The van der Waals surface area contributed by atoms with Crippen molar-refractivity contribution in [3.05, 3.63) is 0 Å². The molecule has 0 spiro atoms. The van der Waals surface area contributed by atoms with Crippen molar-refractivity contribution in [3.8, 4) is 0 Å². The lowest BCUT2D eigenvalue weighted by Crippen LogP contribution is -2.41. The summed E-state index contributed by atoms with van der Waals surface area (Å²) in [5, 5.41) is 0. The van der Waals surface area contributed by atoms with E-state index >= 15 is 0 Å². The summed E-state index contributed by atoms with van der Waals surface area (Å²) in [4.78, 5) is 0. The third-order valence-electron chi connectivity index (χ3n) is 15.1. The van der Waals surface area contributed by atoms with Crippen molar-refractivity contribution in [2.45, 2.75) is 203 Å². The molecule has 4 saturated carbocycles. The third kappa shape index (κ3) is 13.9. The van der Waals surface area contributed by atoms with Gasteiger partial charge >= 0.3 is 0 Å². The number of hydrogen-bond donors (Lipinski definition) is 0. The Hall–Kier alpha value is 0. The molecule has 0 bridgehead atoms. The van der Waals surface area contributed by atoms with Crippen LogP contribution in [-0.4, -0.2) is 0 Å². The first-order valence-electron chi connectivity index (χ1n) is 22.0. The fourth-order valence-corrected chi connectivity index (χ4v) is 10.8. The van der Waals surface area contributed by atoms with E-state index in [-0.39, 0.29) is 0 Å². The van der Waals surface area contributed by atoms with Gasteiger partial charge in [0.05, 0.1) is 0 Å². The van der Waals surface area contributed by atoms with Gasteiger partial charge in [-0.3, -0.25) is 0 Å². The molecule has 0 amide bonds. The normalized spacial score (nSPS) is 31.8. The zero-order chi connectivity index (χ0) is 37.3. The molecule has 0 heterocycles. The van der Waals surface area contributed by atoms with Gasteiger partial charge in [-0.1, -0.05) is 145 Å². The molecule has 0 aromatic rings. The lowest BCUT2D eigenvalue weighted by molar-refractivity contribution is 0.00537.